The van der Waals surface area contributed by atoms with Crippen molar-refractivity contribution in [3.8, 4) is 12.3 Å². The highest BCUT2D eigenvalue weighted by atomic mass is 16.4. The molecule has 0 aromatic heterocycles. The number of hydrogen-bond acceptors (Lipinski definition) is 2. The van der Waals surface area contributed by atoms with Crippen molar-refractivity contribution in [2.45, 2.75) is 39.2 Å². The van der Waals surface area contributed by atoms with Gasteiger partial charge in [-0.25, -0.2) is 4.79 Å². The minimum atomic E-state index is -0.817. The van der Waals surface area contributed by atoms with Gasteiger partial charge in [-0.2, -0.15) is 0 Å². The maximum absolute atomic E-state index is 11.4. The van der Waals surface area contributed by atoms with Crippen LogP contribution in [0.4, 0.5) is 4.79 Å². The summed E-state index contributed by atoms with van der Waals surface area (Å²) in [6, 6.07) is -0.337. The summed E-state index contributed by atoms with van der Waals surface area (Å²) in [5.41, 5.74) is -0.682. The van der Waals surface area contributed by atoms with E-state index in [2.05, 4.69) is 16.6 Å². The number of carboxylic acid groups (broad SMARTS) is 1. The zero-order valence-electron chi connectivity index (χ0n) is 10.5. The molecule has 5 heteroatoms. The van der Waals surface area contributed by atoms with Crippen LogP contribution in [0.5, 0.6) is 0 Å². The van der Waals surface area contributed by atoms with E-state index in [0.717, 1.165) is 0 Å². The highest BCUT2D eigenvalue weighted by Crippen LogP contribution is 2.04. The molecule has 17 heavy (non-hydrogen) atoms. The Kier molecular flexibility index (Phi) is 6.11. The number of carboxylic acids is 1. The molecule has 0 fully saturated rings. The summed E-state index contributed by atoms with van der Waals surface area (Å²) >= 11 is 0. The molecule has 0 heterocycles. The molecule has 1 atom stereocenters. The topological polar surface area (TPSA) is 78.4 Å². The molecule has 0 aromatic rings. The van der Waals surface area contributed by atoms with Crippen molar-refractivity contribution in [1.82, 2.24) is 10.6 Å². The molecule has 1 unspecified atom stereocenters. The van der Waals surface area contributed by atoms with E-state index in [1.54, 1.807) is 20.8 Å². The van der Waals surface area contributed by atoms with E-state index in [0.29, 0.717) is 19.4 Å². The predicted octanol–water partition coefficient (Wildman–Crippen LogP) is 1.20. The molecule has 5 nitrogen and oxygen atoms in total. The van der Waals surface area contributed by atoms with Crippen molar-refractivity contribution in [2.24, 2.45) is 5.92 Å². The van der Waals surface area contributed by atoms with Crippen molar-refractivity contribution in [1.29, 1.82) is 0 Å². The van der Waals surface area contributed by atoms with Crippen molar-refractivity contribution in [3.63, 3.8) is 0 Å². The van der Waals surface area contributed by atoms with Gasteiger partial charge in [0.05, 0.1) is 11.5 Å². The Morgan fingerprint density at radius 1 is 1.47 bits per heavy atom. The summed E-state index contributed by atoms with van der Waals surface area (Å²) in [5.74, 6) is 1.24. The minimum absolute atomic E-state index is 0.337. The Labute approximate surface area is 102 Å². The first kappa shape index (κ1) is 15.3. The second-order valence-corrected chi connectivity index (χ2v) is 4.53. The van der Waals surface area contributed by atoms with Gasteiger partial charge in [-0.15, -0.1) is 6.42 Å². The zero-order valence-corrected chi connectivity index (χ0v) is 10.5. The van der Waals surface area contributed by atoms with Crippen LogP contribution in [0.2, 0.25) is 0 Å². The average Bonchev–Trinajstić information content (AvgIpc) is 2.23. The van der Waals surface area contributed by atoms with Gasteiger partial charge in [-0.05, 0) is 26.7 Å². The Morgan fingerprint density at radius 2 is 2.06 bits per heavy atom. The van der Waals surface area contributed by atoms with Crippen LogP contribution in [0.1, 0.15) is 33.6 Å². The third kappa shape index (κ3) is 7.23. The van der Waals surface area contributed by atoms with Gasteiger partial charge >= 0.3 is 12.0 Å². The van der Waals surface area contributed by atoms with Crippen LogP contribution >= 0.6 is 0 Å². The molecule has 0 aliphatic rings. The molecular weight excluding hydrogens is 220 g/mol. The van der Waals surface area contributed by atoms with E-state index in [9.17, 15) is 9.59 Å². The normalized spacial score (nSPS) is 12.4. The van der Waals surface area contributed by atoms with Crippen LogP contribution in [-0.4, -0.2) is 29.2 Å². The number of aliphatic carboxylic acids is 1. The quantitative estimate of drug-likeness (QED) is 0.482. The average molecular weight is 240 g/mol. The molecule has 96 valence electrons. The molecular formula is C12H20N2O3. The summed E-state index contributed by atoms with van der Waals surface area (Å²) in [6.07, 6.45) is 6.38. The first-order valence-electron chi connectivity index (χ1n) is 5.55. The van der Waals surface area contributed by atoms with E-state index in [4.69, 9.17) is 11.5 Å². The summed E-state index contributed by atoms with van der Waals surface area (Å²) < 4.78 is 0. The highest BCUT2D eigenvalue weighted by molar-refractivity contribution is 5.75. The van der Waals surface area contributed by atoms with Crippen LogP contribution in [0.15, 0.2) is 0 Å². The van der Waals surface area contributed by atoms with Gasteiger partial charge in [0.1, 0.15) is 0 Å². The molecule has 3 N–H and O–H groups in total. The van der Waals surface area contributed by atoms with Crippen LogP contribution < -0.4 is 10.6 Å². The number of urea groups is 1. The Bertz CT molecular complexity index is 318. The molecule has 2 amide bonds. The molecule has 0 bridgehead atoms. The Hall–Kier alpha value is -1.70. The lowest BCUT2D eigenvalue weighted by molar-refractivity contribution is -0.141. The predicted molar refractivity (Wildman–Crippen MR) is 65.5 cm³/mol. The third-order valence-corrected chi connectivity index (χ3v) is 2.31. The lowest BCUT2D eigenvalue weighted by Gasteiger charge is -2.19. The van der Waals surface area contributed by atoms with Gasteiger partial charge in [-0.3, -0.25) is 4.79 Å². The molecule has 0 saturated carbocycles. The van der Waals surface area contributed by atoms with E-state index < -0.39 is 11.5 Å². The number of carbonyl (C=O) groups excluding carboxylic acids is 1. The summed E-state index contributed by atoms with van der Waals surface area (Å²) in [6.45, 7) is 5.52. The fourth-order valence-corrected chi connectivity index (χ4v) is 1.10. The van der Waals surface area contributed by atoms with Gasteiger partial charge < -0.3 is 15.7 Å². The first-order chi connectivity index (χ1) is 7.78. The number of rotatable bonds is 6. The van der Waals surface area contributed by atoms with Gasteiger partial charge in [0, 0.05) is 6.54 Å². The largest absolute Gasteiger partial charge is 0.481 e. The number of carbonyl (C=O) groups is 2. The van der Waals surface area contributed by atoms with Gasteiger partial charge in [0.2, 0.25) is 0 Å². The summed E-state index contributed by atoms with van der Waals surface area (Å²) in [7, 11) is 0. The molecule has 0 saturated heterocycles. The third-order valence-electron chi connectivity index (χ3n) is 2.31. The maximum atomic E-state index is 11.4. The molecule has 0 aliphatic heterocycles. The zero-order chi connectivity index (χ0) is 13.5. The Balaban J connectivity index is 3.74. The first-order valence-corrected chi connectivity index (χ1v) is 5.55. The van der Waals surface area contributed by atoms with Crippen LogP contribution in [0, 0.1) is 18.3 Å². The van der Waals surface area contributed by atoms with Crippen LogP contribution in [0.3, 0.4) is 0 Å². The highest BCUT2D eigenvalue weighted by Gasteiger charge is 2.16. The van der Waals surface area contributed by atoms with Crippen LogP contribution in [0.25, 0.3) is 0 Å². The smallest absolute Gasteiger partial charge is 0.315 e. The molecule has 0 aliphatic carbocycles. The standard InChI is InChI=1S/C12H20N2O3/c1-5-12(3,4)14-11(17)13-8-6-7-9(2)10(15)16/h1,9H,6-8H2,2-4H3,(H,15,16)(H2,13,14,17). The van der Waals surface area contributed by atoms with Crippen LogP contribution in [-0.2, 0) is 4.79 Å². The van der Waals surface area contributed by atoms with E-state index >= 15 is 0 Å². The van der Waals surface area contributed by atoms with E-state index in [1.807, 2.05) is 0 Å². The second-order valence-electron chi connectivity index (χ2n) is 4.53. The molecule has 0 aromatic carbocycles. The maximum Gasteiger partial charge on any atom is 0.315 e. The number of amides is 2. The van der Waals surface area contributed by atoms with E-state index in [-0.39, 0.29) is 11.9 Å². The van der Waals surface area contributed by atoms with Gasteiger partial charge in [0.25, 0.3) is 0 Å². The van der Waals surface area contributed by atoms with Crippen molar-refractivity contribution >= 4 is 12.0 Å². The van der Waals surface area contributed by atoms with Gasteiger partial charge in [-0.1, -0.05) is 12.8 Å². The minimum Gasteiger partial charge on any atom is -0.481 e. The Morgan fingerprint density at radius 3 is 2.53 bits per heavy atom. The monoisotopic (exact) mass is 240 g/mol. The molecule has 0 rings (SSSR count). The number of hydrogen-bond donors (Lipinski definition) is 3. The van der Waals surface area contributed by atoms with Gasteiger partial charge in [0.15, 0.2) is 0 Å². The van der Waals surface area contributed by atoms with Crippen molar-refractivity contribution in [2.75, 3.05) is 6.54 Å². The fourth-order valence-electron chi connectivity index (χ4n) is 1.10. The lowest BCUT2D eigenvalue weighted by Crippen LogP contribution is -2.47. The second kappa shape index (κ2) is 6.79. The summed E-state index contributed by atoms with van der Waals surface area (Å²) in [4.78, 5) is 21.9. The SMILES string of the molecule is C#CC(C)(C)NC(=O)NCCCC(C)C(=O)O. The summed E-state index contributed by atoms with van der Waals surface area (Å²) in [5, 5.41) is 13.9. The molecule has 0 radical (unpaired) electrons. The molecule has 0 spiro atoms. The fraction of sp³-hybridized carbons (Fsp3) is 0.667. The number of terminal acetylenes is 1. The van der Waals surface area contributed by atoms with E-state index in [1.165, 1.54) is 0 Å². The van der Waals surface area contributed by atoms with Crippen molar-refractivity contribution in [3.05, 3.63) is 0 Å². The lowest BCUT2D eigenvalue weighted by atomic mass is 10.1. The number of nitrogens with one attached hydrogen (secondary N) is 2. The van der Waals surface area contributed by atoms with Crippen molar-refractivity contribution < 1.29 is 14.7 Å².